The van der Waals surface area contributed by atoms with Crippen molar-refractivity contribution >= 4 is 11.6 Å². The van der Waals surface area contributed by atoms with Gasteiger partial charge in [0.25, 0.3) is 0 Å². The Kier molecular flexibility index (Phi) is 5.78. The molecule has 1 aromatic carbocycles. The Labute approximate surface area is 208 Å². The lowest BCUT2D eigenvalue weighted by Gasteiger charge is -2.13. The van der Waals surface area contributed by atoms with E-state index in [0.717, 1.165) is 45.0 Å². The highest BCUT2D eigenvalue weighted by atomic mass is 16.5. The summed E-state index contributed by atoms with van der Waals surface area (Å²) >= 11 is 0. The number of anilines is 1. The average molecular weight is 477 g/mol. The number of benzene rings is 1. The third-order valence-corrected chi connectivity index (χ3v) is 5.81. The molecule has 9 heteroatoms. The first-order chi connectivity index (χ1) is 17.3. The monoisotopic (exact) mass is 476 g/mol. The zero-order chi connectivity index (χ0) is 25.4. The number of fused-ring (bicyclic) bond motifs is 1. The van der Waals surface area contributed by atoms with Crippen LogP contribution in [0.2, 0.25) is 0 Å². The summed E-state index contributed by atoms with van der Waals surface area (Å²) in [5.41, 5.74) is 14.7. The molecule has 0 fully saturated rings. The van der Waals surface area contributed by atoms with Crippen LogP contribution in [0, 0.1) is 39.0 Å². The predicted octanol–water partition coefficient (Wildman–Crippen LogP) is 4.51. The van der Waals surface area contributed by atoms with Crippen LogP contribution in [0.3, 0.4) is 0 Å². The van der Waals surface area contributed by atoms with Crippen LogP contribution in [-0.2, 0) is 6.61 Å². The number of nitrogens with zero attached hydrogens (tertiary/aromatic N) is 7. The molecule has 0 spiro atoms. The number of hydrogen-bond acceptors (Lipinski definition) is 8. The molecule has 0 saturated heterocycles. The molecule has 0 aliphatic carbocycles. The molecule has 2 N–H and O–H groups in total. The molecule has 0 atom stereocenters. The van der Waals surface area contributed by atoms with E-state index in [2.05, 4.69) is 26.1 Å². The quantitative estimate of drug-likeness (QED) is 0.392. The molecule has 4 heterocycles. The normalized spacial score (nSPS) is 11.0. The van der Waals surface area contributed by atoms with Gasteiger partial charge in [0.2, 0.25) is 5.95 Å². The molecule has 0 unspecified atom stereocenters. The minimum absolute atomic E-state index is 0.154. The molecule has 0 saturated carbocycles. The summed E-state index contributed by atoms with van der Waals surface area (Å²) in [6, 6.07) is 17.5. The highest BCUT2D eigenvalue weighted by Gasteiger charge is 2.21. The second kappa shape index (κ2) is 9.07. The van der Waals surface area contributed by atoms with Crippen molar-refractivity contribution in [2.45, 2.75) is 34.3 Å². The van der Waals surface area contributed by atoms with Crippen molar-refractivity contribution in [2.24, 2.45) is 0 Å². The number of hydrogen-bond donors (Lipinski definition) is 1. The van der Waals surface area contributed by atoms with Crippen LogP contribution in [0.25, 0.3) is 28.0 Å². The van der Waals surface area contributed by atoms with Gasteiger partial charge >= 0.3 is 6.01 Å². The molecule has 0 amide bonds. The lowest BCUT2D eigenvalue weighted by Crippen LogP contribution is -2.06. The van der Waals surface area contributed by atoms with Gasteiger partial charge in [0.05, 0.1) is 28.6 Å². The second-order valence-corrected chi connectivity index (χ2v) is 8.66. The van der Waals surface area contributed by atoms with E-state index < -0.39 is 0 Å². The summed E-state index contributed by atoms with van der Waals surface area (Å²) in [4.78, 5) is 18.4. The van der Waals surface area contributed by atoms with E-state index in [9.17, 15) is 5.26 Å². The van der Waals surface area contributed by atoms with Crippen molar-refractivity contribution in [3.8, 4) is 34.5 Å². The van der Waals surface area contributed by atoms with E-state index in [1.54, 1.807) is 12.1 Å². The van der Waals surface area contributed by atoms with Crippen LogP contribution in [0.4, 0.5) is 5.95 Å². The molecule has 36 heavy (non-hydrogen) atoms. The van der Waals surface area contributed by atoms with Gasteiger partial charge in [0.15, 0.2) is 5.65 Å². The average Bonchev–Trinajstić information content (AvgIpc) is 3.28. The number of rotatable bonds is 5. The molecule has 0 radical (unpaired) electrons. The van der Waals surface area contributed by atoms with E-state index in [1.165, 1.54) is 4.52 Å². The first-order valence-electron chi connectivity index (χ1n) is 11.4. The van der Waals surface area contributed by atoms with Crippen molar-refractivity contribution in [2.75, 3.05) is 5.73 Å². The number of aryl methyl sites for hydroxylation is 4. The van der Waals surface area contributed by atoms with Crippen molar-refractivity contribution in [1.82, 2.24) is 29.5 Å². The molecule has 0 bridgehead atoms. The van der Waals surface area contributed by atoms with Gasteiger partial charge in [-0.3, -0.25) is 9.97 Å². The maximum absolute atomic E-state index is 9.44. The van der Waals surface area contributed by atoms with Crippen molar-refractivity contribution in [3.63, 3.8) is 0 Å². The Morgan fingerprint density at radius 2 is 1.67 bits per heavy atom. The smallest absolute Gasteiger partial charge is 0.336 e. The van der Waals surface area contributed by atoms with Gasteiger partial charge in [-0.1, -0.05) is 18.2 Å². The molecule has 0 aliphatic heterocycles. The van der Waals surface area contributed by atoms with Crippen LogP contribution in [0.1, 0.15) is 33.9 Å². The highest BCUT2D eigenvalue weighted by molar-refractivity contribution is 5.91. The molecular weight excluding hydrogens is 452 g/mol. The van der Waals surface area contributed by atoms with E-state index in [0.29, 0.717) is 16.9 Å². The Bertz CT molecular complexity index is 1650. The third kappa shape index (κ3) is 4.32. The van der Waals surface area contributed by atoms with E-state index in [-0.39, 0.29) is 18.6 Å². The fourth-order valence-electron chi connectivity index (χ4n) is 4.15. The molecule has 9 nitrogen and oxygen atoms in total. The van der Waals surface area contributed by atoms with Crippen LogP contribution < -0.4 is 10.5 Å². The third-order valence-electron chi connectivity index (χ3n) is 5.81. The van der Waals surface area contributed by atoms with Crippen LogP contribution >= 0.6 is 0 Å². The summed E-state index contributed by atoms with van der Waals surface area (Å²) in [5, 5.41) is 13.9. The fourth-order valence-corrected chi connectivity index (χ4v) is 4.15. The van der Waals surface area contributed by atoms with Gasteiger partial charge in [-0.2, -0.15) is 14.8 Å². The zero-order valence-corrected chi connectivity index (χ0v) is 20.4. The fraction of sp³-hybridized carbons (Fsp3) is 0.185. The number of nitrogens with two attached hydrogens (primary N) is 1. The van der Waals surface area contributed by atoms with Gasteiger partial charge < -0.3 is 10.5 Å². The standard InChI is InChI=1S/C27H24N8O/c1-15-8-9-16(2)31-22(15)14-36-27-33-25-23(21-10-17(3)30-18(4)11-21)24(32-26(29)35(25)34-27)20-7-5-6-19(12-20)13-28/h5-12H,14H2,1-4H3,(H2,29,32). The molecule has 4 aromatic heterocycles. The Morgan fingerprint density at radius 3 is 2.42 bits per heavy atom. The lowest BCUT2D eigenvalue weighted by atomic mass is 9.98. The van der Waals surface area contributed by atoms with Gasteiger partial charge in [-0.15, -0.1) is 5.10 Å². The molecular formula is C27H24N8O. The highest BCUT2D eigenvalue weighted by Crippen LogP contribution is 2.36. The first kappa shape index (κ1) is 22.9. The SMILES string of the molecule is Cc1cc(-c2c(-c3cccc(C#N)c3)nc(N)n3nc(OCc4nc(C)ccc4C)nc23)cc(C)n1. The maximum atomic E-state index is 9.44. The first-order valence-corrected chi connectivity index (χ1v) is 11.4. The Morgan fingerprint density at radius 1 is 0.889 bits per heavy atom. The summed E-state index contributed by atoms with van der Waals surface area (Å²) < 4.78 is 7.42. The minimum Gasteiger partial charge on any atom is -0.456 e. The van der Waals surface area contributed by atoms with Gasteiger partial charge in [0, 0.05) is 22.6 Å². The lowest BCUT2D eigenvalue weighted by molar-refractivity contribution is 0.276. The topological polar surface area (TPSA) is 128 Å². The summed E-state index contributed by atoms with van der Waals surface area (Å²) in [6.07, 6.45) is 0. The second-order valence-electron chi connectivity index (χ2n) is 8.66. The number of pyridine rings is 2. The zero-order valence-electron chi connectivity index (χ0n) is 20.4. The van der Waals surface area contributed by atoms with Crippen LogP contribution in [-0.4, -0.2) is 29.5 Å². The van der Waals surface area contributed by atoms with Crippen molar-refractivity contribution in [3.05, 3.63) is 82.4 Å². The van der Waals surface area contributed by atoms with Crippen LogP contribution in [0.15, 0.2) is 48.5 Å². The van der Waals surface area contributed by atoms with E-state index in [1.807, 2.05) is 64.1 Å². The molecule has 5 aromatic rings. The molecule has 178 valence electrons. The number of aromatic nitrogens is 6. The van der Waals surface area contributed by atoms with Crippen molar-refractivity contribution in [1.29, 1.82) is 5.26 Å². The van der Waals surface area contributed by atoms with Crippen LogP contribution in [0.5, 0.6) is 6.01 Å². The Hall–Kier alpha value is -4.84. The van der Waals surface area contributed by atoms with E-state index >= 15 is 0 Å². The van der Waals surface area contributed by atoms with Gasteiger partial charge in [0.1, 0.15) is 6.61 Å². The maximum Gasteiger partial charge on any atom is 0.336 e. The van der Waals surface area contributed by atoms with Gasteiger partial charge in [-0.25, -0.2) is 4.98 Å². The predicted molar refractivity (Wildman–Crippen MR) is 136 cm³/mol. The number of nitrogen functional groups attached to an aromatic ring is 1. The minimum atomic E-state index is 0.154. The van der Waals surface area contributed by atoms with Crippen molar-refractivity contribution < 1.29 is 4.74 Å². The largest absolute Gasteiger partial charge is 0.456 e. The molecule has 0 aliphatic rings. The summed E-state index contributed by atoms with van der Waals surface area (Å²) in [7, 11) is 0. The summed E-state index contributed by atoms with van der Waals surface area (Å²) in [6.45, 7) is 8.01. The van der Waals surface area contributed by atoms with Gasteiger partial charge in [-0.05, 0) is 69.2 Å². The van der Waals surface area contributed by atoms with E-state index in [4.69, 9.17) is 15.5 Å². The summed E-state index contributed by atoms with van der Waals surface area (Å²) in [5.74, 6) is 0.154. The number of ether oxygens (including phenoxy) is 1. The Balaban J connectivity index is 1.69. The molecule has 5 rings (SSSR count). The number of nitriles is 1.